The van der Waals surface area contributed by atoms with Crippen molar-refractivity contribution < 1.29 is 13.6 Å². The van der Waals surface area contributed by atoms with Crippen LogP contribution in [0.15, 0.2) is 36.4 Å². The minimum absolute atomic E-state index is 0.277. The van der Waals surface area contributed by atoms with Crippen LogP contribution < -0.4 is 11.1 Å². The summed E-state index contributed by atoms with van der Waals surface area (Å²) >= 11 is 5.73. The Hall–Kier alpha value is -2.14. The summed E-state index contributed by atoms with van der Waals surface area (Å²) in [5.41, 5.74) is 5.81. The number of rotatable bonds is 2. The van der Waals surface area contributed by atoms with Gasteiger partial charge in [0.1, 0.15) is 0 Å². The Bertz CT molecular complexity index is 647. The van der Waals surface area contributed by atoms with Gasteiger partial charge < -0.3 is 11.1 Å². The van der Waals surface area contributed by atoms with E-state index in [0.717, 1.165) is 6.07 Å². The SMILES string of the molecule is Nc1cc(NC(=O)c2cccc(F)c2F)ccc1Cl. The van der Waals surface area contributed by atoms with Gasteiger partial charge in [-0.15, -0.1) is 0 Å². The van der Waals surface area contributed by atoms with E-state index in [1.807, 2.05) is 0 Å². The van der Waals surface area contributed by atoms with Crippen LogP contribution in [0.25, 0.3) is 0 Å². The van der Waals surface area contributed by atoms with Crippen molar-refractivity contribution >= 4 is 28.9 Å². The summed E-state index contributed by atoms with van der Waals surface area (Å²) in [7, 11) is 0. The first kappa shape index (κ1) is 13.3. The molecular weight excluding hydrogens is 274 g/mol. The Morgan fingerprint density at radius 1 is 1.21 bits per heavy atom. The highest BCUT2D eigenvalue weighted by molar-refractivity contribution is 6.33. The molecule has 6 heteroatoms. The fourth-order valence-corrected chi connectivity index (χ4v) is 1.62. The summed E-state index contributed by atoms with van der Waals surface area (Å²) < 4.78 is 26.4. The van der Waals surface area contributed by atoms with Gasteiger partial charge in [-0.05, 0) is 30.3 Å². The maximum absolute atomic E-state index is 13.4. The normalized spacial score (nSPS) is 10.3. The monoisotopic (exact) mass is 282 g/mol. The molecule has 0 aliphatic carbocycles. The van der Waals surface area contributed by atoms with Crippen molar-refractivity contribution in [2.75, 3.05) is 11.1 Å². The Balaban J connectivity index is 2.26. The maximum Gasteiger partial charge on any atom is 0.258 e. The van der Waals surface area contributed by atoms with Crippen molar-refractivity contribution in [3.05, 3.63) is 58.6 Å². The van der Waals surface area contributed by atoms with Gasteiger partial charge >= 0.3 is 0 Å². The van der Waals surface area contributed by atoms with Crippen LogP contribution in [0.4, 0.5) is 20.2 Å². The molecule has 0 aliphatic heterocycles. The average Bonchev–Trinajstić information content (AvgIpc) is 2.37. The lowest BCUT2D eigenvalue weighted by Crippen LogP contribution is -2.14. The van der Waals surface area contributed by atoms with Gasteiger partial charge in [-0.1, -0.05) is 17.7 Å². The first-order chi connectivity index (χ1) is 8.99. The predicted octanol–water partition coefficient (Wildman–Crippen LogP) is 3.45. The van der Waals surface area contributed by atoms with E-state index in [0.29, 0.717) is 10.7 Å². The Morgan fingerprint density at radius 3 is 2.63 bits per heavy atom. The first-order valence-electron chi connectivity index (χ1n) is 5.29. The van der Waals surface area contributed by atoms with Crippen molar-refractivity contribution in [1.29, 1.82) is 0 Å². The number of anilines is 2. The molecule has 2 rings (SSSR count). The maximum atomic E-state index is 13.4. The lowest BCUT2D eigenvalue weighted by Gasteiger charge is -2.07. The van der Waals surface area contributed by atoms with Gasteiger partial charge in [0.25, 0.3) is 5.91 Å². The van der Waals surface area contributed by atoms with Crippen LogP contribution >= 0.6 is 11.6 Å². The molecular formula is C13H9ClF2N2O. The van der Waals surface area contributed by atoms with Crippen LogP contribution in [0.2, 0.25) is 5.02 Å². The minimum Gasteiger partial charge on any atom is -0.397 e. The molecule has 3 nitrogen and oxygen atoms in total. The fraction of sp³-hybridized carbons (Fsp3) is 0. The summed E-state index contributed by atoms with van der Waals surface area (Å²) in [6.45, 7) is 0. The summed E-state index contributed by atoms with van der Waals surface area (Å²) in [6, 6.07) is 7.81. The van der Waals surface area contributed by atoms with Gasteiger partial charge in [0.05, 0.1) is 16.3 Å². The van der Waals surface area contributed by atoms with Crippen LogP contribution in [0.5, 0.6) is 0 Å². The van der Waals surface area contributed by atoms with E-state index in [2.05, 4.69) is 5.32 Å². The summed E-state index contributed by atoms with van der Waals surface area (Å²) in [5.74, 6) is -3.04. The Labute approximate surface area is 113 Å². The van der Waals surface area contributed by atoms with E-state index in [-0.39, 0.29) is 11.3 Å². The number of nitrogens with one attached hydrogen (secondary N) is 1. The topological polar surface area (TPSA) is 55.1 Å². The van der Waals surface area contributed by atoms with Crippen LogP contribution in [-0.4, -0.2) is 5.91 Å². The van der Waals surface area contributed by atoms with Crippen molar-refractivity contribution in [1.82, 2.24) is 0 Å². The number of benzene rings is 2. The van der Waals surface area contributed by atoms with E-state index in [1.54, 1.807) is 0 Å². The second-order valence-electron chi connectivity index (χ2n) is 3.79. The molecule has 0 bridgehead atoms. The molecule has 0 aromatic heterocycles. The lowest BCUT2D eigenvalue weighted by atomic mass is 10.2. The highest BCUT2D eigenvalue weighted by Crippen LogP contribution is 2.23. The van der Waals surface area contributed by atoms with Gasteiger partial charge in [0.2, 0.25) is 0 Å². The quantitative estimate of drug-likeness (QED) is 0.829. The highest BCUT2D eigenvalue weighted by Gasteiger charge is 2.15. The summed E-state index contributed by atoms with van der Waals surface area (Å²) in [6.07, 6.45) is 0. The van der Waals surface area contributed by atoms with Gasteiger partial charge in [-0.2, -0.15) is 0 Å². The number of amides is 1. The number of hydrogen-bond donors (Lipinski definition) is 2. The molecule has 0 heterocycles. The van der Waals surface area contributed by atoms with Gasteiger partial charge in [0, 0.05) is 5.69 Å². The molecule has 2 aromatic carbocycles. The number of carbonyl (C=O) groups excluding carboxylic acids is 1. The predicted molar refractivity (Wildman–Crippen MR) is 70.2 cm³/mol. The zero-order valence-electron chi connectivity index (χ0n) is 9.58. The van der Waals surface area contributed by atoms with E-state index >= 15 is 0 Å². The summed E-state index contributed by atoms with van der Waals surface area (Å²) in [4.78, 5) is 11.8. The van der Waals surface area contributed by atoms with Crippen LogP contribution in [0.3, 0.4) is 0 Å². The van der Waals surface area contributed by atoms with E-state index < -0.39 is 17.5 Å². The largest absolute Gasteiger partial charge is 0.397 e. The van der Waals surface area contributed by atoms with Crippen molar-refractivity contribution in [3.63, 3.8) is 0 Å². The third-order valence-electron chi connectivity index (χ3n) is 2.45. The molecule has 0 radical (unpaired) electrons. The third kappa shape index (κ3) is 2.82. The molecule has 3 N–H and O–H groups in total. The molecule has 2 aromatic rings. The molecule has 98 valence electrons. The number of halogens is 3. The molecule has 0 saturated heterocycles. The molecule has 0 saturated carbocycles. The zero-order chi connectivity index (χ0) is 14.0. The van der Waals surface area contributed by atoms with Crippen molar-refractivity contribution in [2.45, 2.75) is 0 Å². The van der Waals surface area contributed by atoms with Crippen molar-refractivity contribution in [3.8, 4) is 0 Å². The zero-order valence-corrected chi connectivity index (χ0v) is 10.3. The lowest BCUT2D eigenvalue weighted by molar-refractivity contribution is 0.102. The first-order valence-corrected chi connectivity index (χ1v) is 5.67. The van der Waals surface area contributed by atoms with Gasteiger partial charge in [0.15, 0.2) is 11.6 Å². The second-order valence-corrected chi connectivity index (χ2v) is 4.20. The molecule has 0 unspecified atom stereocenters. The fourth-order valence-electron chi connectivity index (χ4n) is 1.50. The van der Waals surface area contributed by atoms with Crippen LogP contribution in [0.1, 0.15) is 10.4 Å². The molecule has 0 spiro atoms. The van der Waals surface area contributed by atoms with E-state index in [1.165, 1.54) is 30.3 Å². The second kappa shape index (κ2) is 5.24. The number of nitrogens with two attached hydrogens (primary N) is 1. The van der Waals surface area contributed by atoms with Gasteiger partial charge in [-0.3, -0.25) is 4.79 Å². The molecule has 19 heavy (non-hydrogen) atoms. The van der Waals surface area contributed by atoms with Gasteiger partial charge in [-0.25, -0.2) is 8.78 Å². The number of carbonyl (C=O) groups is 1. The Kier molecular flexibility index (Phi) is 3.66. The molecule has 0 fully saturated rings. The van der Waals surface area contributed by atoms with Crippen LogP contribution in [-0.2, 0) is 0 Å². The standard InChI is InChI=1S/C13H9ClF2N2O/c14-9-5-4-7(6-11(9)17)18-13(19)8-2-1-3-10(15)12(8)16/h1-6H,17H2,(H,18,19). The molecule has 1 amide bonds. The van der Waals surface area contributed by atoms with Crippen LogP contribution in [0, 0.1) is 11.6 Å². The average molecular weight is 283 g/mol. The number of nitrogen functional groups attached to an aromatic ring is 1. The molecule has 0 aliphatic rings. The van der Waals surface area contributed by atoms with E-state index in [9.17, 15) is 13.6 Å². The minimum atomic E-state index is -1.19. The third-order valence-corrected chi connectivity index (χ3v) is 2.79. The number of hydrogen-bond acceptors (Lipinski definition) is 2. The van der Waals surface area contributed by atoms with E-state index in [4.69, 9.17) is 17.3 Å². The molecule has 0 atom stereocenters. The highest BCUT2D eigenvalue weighted by atomic mass is 35.5. The van der Waals surface area contributed by atoms with Crippen molar-refractivity contribution in [2.24, 2.45) is 0 Å². The summed E-state index contributed by atoms with van der Waals surface area (Å²) in [5, 5.41) is 2.75. The Morgan fingerprint density at radius 2 is 1.95 bits per heavy atom. The smallest absolute Gasteiger partial charge is 0.258 e.